The van der Waals surface area contributed by atoms with Crippen molar-refractivity contribution >= 4 is 23.2 Å². The molecule has 0 radical (unpaired) electrons. The van der Waals surface area contributed by atoms with Crippen molar-refractivity contribution in [1.82, 2.24) is 15.5 Å². The molecular formula is C24H32N4O2S. The fraction of sp³-hybridized carbons (Fsp3) is 0.500. The summed E-state index contributed by atoms with van der Waals surface area (Å²) in [5.41, 5.74) is 1.19. The van der Waals surface area contributed by atoms with Gasteiger partial charge in [0, 0.05) is 41.9 Å². The average Bonchev–Trinajstić information content (AvgIpc) is 3.58. The predicted octanol–water partition coefficient (Wildman–Crippen LogP) is 3.88. The Balaban J connectivity index is 1.26. The summed E-state index contributed by atoms with van der Waals surface area (Å²) in [4.78, 5) is 21.6. The van der Waals surface area contributed by atoms with Crippen LogP contribution in [0.25, 0.3) is 10.4 Å². The Bertz CT molecular complexity index is 903. The number of carbonyl (C=O) groups excluding carboxylic acids is 1. The van der Waals surface area contributed by atoms with Crippen LogP contribution < -0.4 is 15.4 Å². The minimum Gasteiger partial charge on any atom is -0.497 e. The van der Waals surface area contributed by atoms with Gasteiger partial charge in [-0.3, -0.25) is 9.79 Å². The highest BCUT2D eigenvalue weighted by Gasteiger charge is 2.32. The van der Waals surface area contributed by atoms with Gasteiger partial charge < -0.3 is 20.3 Å². The molecule has 1 aromatic heterocycles. The van der Waals surface area contributed by atoms with E-state index in [1.807, 2.05) is 17.0 Å². The van der Waals surface area contributed by atoms with Crippen molar-refractivity contribution in [1.29, 1.82) is 0 Å². The van der Waals surface area contributed by atoms with E-state index in [-0.39, 0.29) is 12.0 Å². The first-order valence-corrected chi connectivity index (χ1v) is 12.0. The lowest BCUT2D eigenvalue weighted by Gasteiger charge is -2.21. The standard InChI is InChI=1S/C24H32N4O2S/c1-25-24(27-19-13-14-28(16-19)23(29)18-5-3-4-6-18)26-15-21-11-12-22(31-21)17-7-9-20(30-2)10-8-17/h7-12,18-19H,3-6,13-16H2,1-2H3,(H2,25,26,27). The molecule has 31 heavy (non-hydrogen) atoms. The molecule has 4 rings (SSSR count). The lowest BCUT2D eigenvalue weighted by atomic mass is 10.1. The monoisotopic (exact) mass is 440 g/mol. The van der Waals surface area contributed by atoms with Crippen LogP contribution in [0.4, 0.5) is 0 Å². The lowest BCUT2D eigenvalue weighted by molar-refractivity contribution is -0.134. The summed E-state index contributed by atoms with van der Waals surface area (Å²) in [5.74, 6) is 2.27. The second-order valence-electron chi connectivity index (χ2n) is 8.32. The topological polar surface area (TPSA) is 66.0 Å². The van der Waals surface area contributed by atoms with Gasteiger partial charge in [-0.1, -0.05) is 12.8 Å². The SMILES string of the molecule is CN=C(NCc1ccc(-c2ccc(OC)cc2)s1)NC1CCN(C(=O)C2CCCC2)C1. The van der Waals surface area contributed by atoms with Crippen LogP contribution in [0, 0.1) is 5.92 Å². The highest BCUT2D eigenvalue weighted by molar-refractivity contribution is 7.15. The van der Waals surface area contributed by atoms with Gasteiger partial charge in [0.25, 0.3) is 0 Å². The predicted molar refractivity (Wildman–Crippen MR) is 127 cm³/mol. The maximum atomic E-state index is 12.7. The number of ether oxygens (including phenoxy) is 1. The van der Waals surface area contributed by atoms with Crippen LogP contribution in [0.5, 0.6) is 5.75 Å². The summed E-state index contributed by atoms with van der Waals surface area (Å²) >= 11 is 1.77. The Kier molecular flexibility index (Phi) is 7.12. The first-order chi connectivity index (χ1) is 15.2. The van der Waals surface area contributed by atoms with Gasteiger partial charge >= 0.3 is 0 Å². The Morgan fingerprint density at radius 2 is 1.94 bits per heavy atom. The van der Waals surface area contributed by atoms with Gasteiger partial charge in [-0.2, -0.15) is 0 Å². The molecule has 2 aliphatic rings. The van der Waals surface area contributed by atoms with E-state index in [1.165, 1.54) is 28.2 Å². The van der Waals surface area contributed by atoms with Crippen LogP contribution >= 0.6 is 11.3 Å². The number of nitrogens with one attached hydrogen (secondary N) is 2. The molecule has 6 nitrogen and oxygen atoms in total. The molecule has 7 heteroatoms. The molecule has 0 spiro atoms. The summed E-state index contributed by atoms with van der Waals surface area (Å²) in [6, 6.07) is 12.7. The number of hydrogen-bond donors (Lipinski definition) is 2. The number of aliphatic imine (C=N–C) groups is 1. The third-order valence-corrected chi connectivity index (χ3v) is 7.37. The second-order valence-corrected chi connectivity index (χ2v) is 9.48. The third-order valence-electron chi connectivity index (χ3n) is 6.24. The van der Waals surface area contributed by atoms with Crippen LogP contribution in [0.2, 0.25) is 0 Å². The van der Waals surface area contributed by atoms with E-state index >= 15 is 0 Å². The lowest BCUT2D eigenvalue weighted by Crippen LogP contribution is -2.45. The van der Waals surface area contributed by atoms with E-state index in [0.29, 0.717) is 5.91 Å². The number of guanidine groups is 1. The fourth-order valence-corrected chi connectivity index (χ4v) is 5.40. The summed E-state index contributed by atoms with van der Waals surface area (Å²) in [6.07, 6.45) is 5.50. The number of amides is 1. The Hall–Kier alpha value is -2.54. The first kappa shape index (κ1) is 21.7. The average molecular weight is 441 g/mol. The molecule has 2 N–H and O–H groups in total. The zero-order valence-corrected chi connectivity index (χ0v) is 19.2. The molecule has 0 bridgehead atoms. The van der Waals surface area contributed by atoms with Crippen molar-refractivity contribution in [2.75, 3.05) is 27.2 Å². The first-order valence-electron chi connectivity index (χ1n) is 11.2. The number of carbonyl (C=O) groups is 1. The van der Waals surface area contributed by atoms with E-state index in [1.54, 1.807) is 25.5 Å². The Morgan fingerprint density at radius 1 is 1.16 bits per heavy atom. The fourth-order valence-electron chi connectivity index (χ4n) is 4.45. The van der Waals surface area contributed by atoms with Crippen LogP contribution in [0.15, 0.2) is 41.4 Å². The van der Waals surface area contributed by atoms with Crippen molar-refractivity contribution in [3.63, 3.8) is 0 Å². The summed E-state index contributed by atoms with van der Waals surface area (Å²) in [7, 11) is 3.48. The zero-order valence-electron chi connectivity index (χ0n) is 18.4. The minimum absolute atomic E-state index is 0.259. The van der Waals surface area contributed by atoms with E-state index in [2.05, 4.69) is 39.9 Å². The summed E-state index contributed by atoms with van der Waals surface area (Å²) in [6.45, 7) is 2.34. The maximum Gasteiger partial charge on any atom is 0.225 e. The van der Waals surface area contributed by atoms with Crippen LogP contribution in [-0.2, 0) is 11.3 Å². The van der Waals surface area contributed by atoms with Gasteiger partial charge in [-0.05, 0) is 61.2 Å². The van der Waals surface area contributed by atoms with E-state index in [4.69, 9.17) is 4.74 Å². The molecule has 1 aliphatic heterocycles. The van der Waals surface area contributed by atoms with E-state index < -0.39 is 0 Å². The zero-order chi connectivity index (χ0) is 21.6. The largest absolute Gasteiger partial charge is 0.497 e. The number of nitrogens with zero attached hydrogens (tertiary/aromatic N) is 2. The molecule has 1 unspecified atom stereocenters. The summed E-state index contributed by atoms with van der Waals surface area (Å²) in [5, 5.41) is 6.92. The second kappa shape index (κ2) is 10.2. The summed E-state index contributed by atoms with van der Waals surface area (Å²) < 4.78 is 5.24. The smallest absolute Gasteiger partial charge is 0.225 e. The van der Waals surface area contributed by atoms with E-state index in [0.717, 1.165) is 50.6 Å². The number of hydrogen-bond acceptors (Lipinski definition) is 4. The Morgan fingerprint density at radius 3 is 2.65 bits per heavy atom. The van der Waals surface area contributed by atoms with Gasteiger partial charge in [-0.25, -0.2) is 0 Å². The molecule has 1 saturated carbocycles. The molecule has 2 aromatic rings. The quantitative estimate of drug-likeness (QED) is 0.529. The minimum atomic E-state index is 0.259. The van der Waals surface area contributed by atoms with Gasteiger partial charge in [0.15, 0.2) is 5.96 Å². The molecule has 1 aliphatic carbocycles. The van der Waals surface area contributed by atoms with Crippen LogP contribution in [0.3, 0.4) is 0 Å². The van der Waals surface area contributed by atoms with Gasteiger partial charge in [-0.15, -0.1) is 11.3 Å². The molecule has 1 saturated heterocycles. The number of methoxy groups -OCH3 is 1. The van der Waals surface area contributed by atoms with Gasteiger partial charge in [0.1, 0.15) is 5.75 Å². The van der Waals surface area contributed by atoms with Crippen molar-refractivity contribution < 1.29 is 9.53 Å². The van der Waals surface area contributed by atoms with Crippen LogP contribution in [0.1, 0.15) is 37.0 Å². The molecule has 1 atom stereocenters. The normalized spacial score (nSPS) is 19.6. The highest BCUT2D eigenvalue weighted by atomic mass is 32.1. The number of likely N-dealkylation sites (tertiary alicyclic amines) is 1. The number of rotatable bonds is 6. The van der Waals surface area contributed by atoms with Crippen molar-refractivity contribution in [3.05, 3.63) is 41.3 Å². The molecule has 2 heterocycles. The van der Waals surface area contributed by atoms with E-state index in [9.17, 15) is 4.79 Å². The van der Waals surface area contributed by atoms with Crippen LogP contribution in [-0.4, -0.2) is 50.1 Å². The van der Waals surface area contributed by atoms with Crippen molar-refractivity contribution in [2.24, 2.45) is 10.9 Å². The van der Waals surface area contributed by atoms with Gasteiger partial charge in [0.05, 0.1) is 13.7 Å². The molecule has 2 fully saturated rings. The van der Waals surface area contributed by atoms with Crippen molar-refractivity contribution in [3.8, 4) is 16.2 Å². The molecular weight excluding hydrogens is 408 g/mol. The third kappa shape index (κ3) is 5.39. The van der Waals surface area contributed by atoms with Crippen molar-refractivity contribution in [2.45, 2.75) is 44.7 Å². The number of thiophene rings is 1. The maximum absolute atomic E-state index is 12.7. The molecule has 166 valence electrons. The highest BCUT2D eigenvalue weighted by Crippen LogP contribution is 2.30. The molecule has 1 amide bonds. The number of benzene rings is 1. The Labute approximate surface area is 188 Å². The van der Waals surface area contributed by atoms with Gasteiger partial charge in [0.2, 0.25) is 5.91 Å². The molecule has 1 aromatic carbocycles.